The average Bonchev–Trinajstić information content (AvgIpc) is 2.46. The molecule has 0 heterocycles. The van der Waals surface area contributed by atoms with Crippen molar-refractivity contribution in [3.8, 4) is 0 Å². The molecule has 0 aliphatic rings. The summed E-state index contributed by atoms with van der Waals surface area (Å²) in [5, 5.41) is 4.75. The second-order valence-electron chi connectivity index (χ2n) is 5.03. The Labute approximate surface area is 124 Å². The normalized spacial score (nSPS) is 12.8. The van der Waals surface area contributed by atoms with Crippen molar-refractivity contribution in [2.24, 2.45) is 5.92 Å². The molecule has 0 aliphatic heterocycles. The highest BCUT2D eigenvalue weighted by Gasteiger charge is 2.21. The molecule has 0 aromatic rings. The first-order valence-electron chi connectivity index (χ1n) is 6.80. The van der Waals surface area contributed by atoms with Crippen LogP contribution >= 0.6 is 0 Å². The van der Waals surface area contributed by atoms with Crippen LogP contribution in [0.2, 0.25) is 0 Å². The number of carbonyl (C=O) groups excluding carboxylic acids is 3. The van der Waals surface area contributed by atoms with E-state index < -0.39 is 6.67 Å². The van der Waals surface area contributed by atoms with E-state index in [4.69, 9.17) is 0 Å². The topological polar surface area (TPSA) is 78.5 Å². The van der Waals surface area contributed by atoms with Gasteiger partial charge in [0.15, 0.2) is 0 Å². The minimum absolute atomic E-state index is 0.0334. The first-order valence-corrected chi connectivity index (χ1v) is 6.80. The lowest BCUT2D eigenvalue weighted by molar-refractivity contribution is -0.132. The lowest BCUT2D eigenvalue weighted by atomic mass is 10.00. The number of hydrogen-bond donors (Lipinski definition) is 2. The molecule has 0 aliphatic carbocycles. The summed E-state index contributed by atoms with van der Waals surface area (Å²) < 4.78 is 12.0. The van der Waals surface area contributed by atoms with Gasteiger partial charge in [0.05, 0.1) is 12.6 Å². The molecule has 0 unspecified atom stereocenters. The minimum Gasteiger partial charge on any atom is -0.350 e. The van der Waals surface area contributed by atoms with Crippen LogP contribution in [0.4, 0.5) is 4.39 Å². The molecular weight excluding hydrogens is 277 g/mol. The molecule has 3 amide bonds. The number of rotatable bonds is 9. The zero-order valence-corrected chi connectivity index (χ0v) is 13.0. The first-order chi connectivity index (χ1) is 9.84. The SMILES string of the molecule is C/C(=C\[C@H](C(C)C)N(C)C(=O)CNC=O)C(=O)NCCF. The maximum absolute atomic E-state index is 12.0. The van der Waals surface area contributed by atoms with Gasteiger partial charge in [-0.1, -0.05) is 19.9 Å². The molecule has 0 saturated heterocycles. The predicted octanol–water partition coefficient (Wildman–Crippen LogP) is 0.247. The van der Waals surface area contributed by atoms with Gasteiger partial charge in [-0.25, -0.2) is 4.39 Å². The van der Waals surface area contributed by atoms with Crippen LogP contribution in [0, 0.1) is 5.92 Å². The molecular formula is C14H24FN3O3. The van der Waals surface area contributed by atoms with E-state index in [1.54, 1.807) is 20.0 Å². The van der Waals surface area contributed by atoms with Crippen molar-refractivity contribution in [1.29, 1.82) is 0 Å². The largest absolute Gasteiger partial charge is 0.350 e. The summed E-state index contributed by atoms with van der Waals surface area (Å²) in [5.41, 5.74) is 0.421. The molecule has 120 valence electrons. The van der Waals surface area contributed by atoms with Gasteiger partial charge in [-0.05, 0) is 12.8 Å². The summed E-state index contributed by atoms with van der Waals surface area (Å²) in [7, 11) is 1.61. The minimum atomic E-state index is -0.623. The summed E-state index contributed by atoms with van der Waals surface area (Å²) in [4.78, 5) is 35.3. The van der Waals surface area contributed by atoms with Crippen molar-refractivity contribution >= 4 is 18.2 Å². The molecule has 0 bridgehead atoms. The standard InChI is InChI=1S/C14H24FN3O3/c1-10(2)12(18(4)13(20)8-16-9-19)7-11(3)14(21)17-6-5-15/h7,9-10,12H,5-6,8H2,1-4H3,(H,16,19)(H,17,21)/b11-7+/t12-/m1/s1. The molecule has 0 saturated carbocycles. The first kappa shape index (κ1) is 19.1. The van der Waals surface area contributed by atoms with E-state index in [1.807, 2.05) is 13.8 Å². The lowest BCUT2D eigenvalue weighted by Crippen LogP contribution is -2.43. The van der Waals surface area contributed by atoms with Crippen LogP contribution in [0.3, 0.4) is 0 Å². The third-order valence-corrected chi connectivity index (χ3v) is 3.02. The van der Waals surface area contributed by atoms with Crippen molar-refractivity contribution in [3.63, 3.8) is 0 Å². The van der Waals surface area contributed by atoms with Gasteiger partial charge < -0.3 is 15.5 Å². The van der Waals surface area contributed by atoms with Crippen molar-refractivity contribution in [3.05, 3.63) is 11.6 Å². The zero-order valence-electron chi connectivity index (χ0n) is 13.0. The van der Waals surface area contributed by atoms with E-state index in [0.717, 1.165) is 0 Å². The third-order valence-electron chi connectivity index (χ3n) is 3.02. The van der Waals surface area contributed by atoms with Crippen molar-refractivity contribution in [2.75, 3.05) is 26.8 Å². The van der Waals surface area contributed by atoms with Crippen molar-refractivity contribution in [1.82, 2.24) is 15.5 Å². The van der Waals surface area contributed by atoms with E-state index in [9.17, 15) is 18.8 Å². The van der Waals surface area contributed by atoms with Gasteiger partial charge in [0.25, 0.3) is 0 Å². The Balaban J connectivity index is 4.92. The number of alkyl halides is 1. The van der Waals surface area contributed by atoms with E-state index in [2.05, 4.69) is 10.6 Å². The van der Waals surface area contributed by atoms with Gasteiger partial charge in [-0.2, -0.15) is 0 Å². The molecule has 0 fully saturated rings. The Kier molecular flexibility index (Phi) is 9.00. The van der Waals surface area contributed by atoms with Gasteiger partial charge in [0.2, 0.25) is 18.2 Å². The van der Waals surface area contributed by atoms with Crippen LogP contribution in [0.1, 0.15) is 20.8 Å². The summed E-state index contributed by atoms with van der Waals surface area (Å²) >= 11 is 0. The van der Waals surface area contributed by atoms with Crippen LogP contribution in [-0.2, 0) is 14.4 Å². The summed E-state index contributed by atoms with van der Waals surface area (Å²) in [6, 6.07) is -0.290. The van der Waals surface area contributed by atoms with Gasteiger partial charge in [0, 0.05) is 19.2 Å². The second-order valence-corrected chi connectivity index (χ2v) is 5.03. The quantitative estimate of drug-likeness (QED) is 0.473. The summed E-state index contributed by atoms with van der Waals surface area (Å²) in [5.74, 6) is -0.529. The number of hydrogen-bond acceptors (Lipinski definition) is 3. The van der Waals surface area contributed by atoms with Gasteiger partial charge in [0.1, 0.15) is 6.67 Å². The van der Waals surface area contributed by atoms with Gasteiger partial charge in [-0.15, -0.1) is 0 Å². The highest BCUT2D eigenvalue weighted by Crippen LogP contribution is 2.13. The smallest absolute Gasteiger partial charge is 0.246 e. The molecule has 0 aromatic heterocycles. The average molecular weight is 301 g/mol. The Hall–Kier alpha value is -1.92. The number of amides is 3. The Morgan fingerprint density at radius 1 is 1.33 bits per heavy atom. The van der Waals surface area contributed by atoms with Crippen molar-refractivity contribution < 1.29 is 18.8 Å². The molecule has 0 radical (unpaired) electrons. The third kappa shape index (κ3) is 6.87. The molecule has 0 spiro atoms. The molecule has 0 rings (SSSR count). The monoisotopic (exact) mass is 301 g/mol. The molecule has 1 atom stereocenters. The second kappa shape index (κ2) is 9.90. The van der Waals surface area contributed by atoms with Crippen molar-refractivity contribution in [2.45, 2.75) is 26.8 Å². The molecule has 0 aromatic carbocycles. The van der Waals surface area contributed by atoms with Gasteiger partial charge in [-0.3, -0.25) is 14.4 Å². The Morgan fingerprint density at radius 3 is 2.43 bits per heavy atom. The maximum atomic E-state index is 12.0. The molecule has 7 heteroatoms. The highest BCUT2D eigenvalue weighted by atomic mass is 19.1. The van der Waals surface area contributed by atoms with E-state index in [1.165, 1.54) is 4.90 Å². The molecule has 2 N–H and O–H groups in total. The highest BCUT2D eigenvalue weighted by molar-refractivity contribution is 5.93. The fraction of sp³-hybridized carbons (Fsp3) is 0.643. The Morgan fingerprint density at radius 2 is 1.95 bits per heavy atom. The number of carbonyl (C=O) groups is 3. The number of nitrogens with zero attached hydrogens (tertiary/aromatic N) is 1. The molecule has 21 heavy (non-hydrogen) atoms. The Bertz CT molecular complexity index is 397. The van der Waals surface area contributed by atoms with E-state index in [0.29, 0.717) is 12.0 Å². The molecule has 6 nitrogen and oxygen atoms in total. The zero-order chi connectivity index (χ0) is 16.4. The van der Waals surface area contributed by atoms with E-state index >= 15 is 0 Å². The summed E-state index contributed by atoms with van der Waals surface area (Å²) in [6.07, 6.45) is 2.14. The number of halogens is 1. The van der Waals surface area contributed by atoms with Crippen LogP contribution in [0.25, 0.3) is 0 Å². The van der Waals surface area contributed by atoms with Crippen LogP contribution < -0.4 is 10.6 Å². The van der Waals surface area contributed by atoms with Crippen LogP contribution in [-0.4, -0.2) is 56.0 Å². The fourth-order valence-electron chi connectivity index (χ4n) is 1.80. The van der Waals surface area contributed by atoms with Gasteiger partial charge >= 0.3 is 0 Å². The number of likely N-dealkylation sites (N-methyl/N-ethyl adjacent to an activating group) is 1. The maximum Gasteiger partial charge on any atom is 0.246 e. The van der Waals surface area contributed by atoms with E-state index in [-0.39, 0.29) is 36.9 Å². The predicted molar refractivity (Wildman–Crippen MR) is 78.2 cm³/mol. The number of nitrogens with one attached hydrogen (secondary N) is 2. The fourth-order valence-corrected chi connectivity index (χ4v) is 1.80. The lowest BCUT2D eigenvalue weighted by Gasteiger charge is -2.29. The van der Waals surface area contributed by atoms with Crippen LogP contribution in [0.5, 0.6) is 0 Å². The summed E-state index contributed by atoms with van der Waals surface area (Å²) in [6.45, 7) is 4.71. The van der Waals surface area contributed by atoms with Crippen LogP contribution in [0.15, 0.2) is 11.6 Å².